The fraction of sp³-hybridized carbons (Fsp3) is 0.182. The minimum atomic E-state index is 0.300. The molecular weight excluding hydrogens is 222 g/mol. The van der Waals surface area contributed by atoms with Gasteiger partial charge in [0.1, 0.15) is 0 Å². The Morgan fingerprint density at radius 1 is 1.38 bits per heavy atom. The van der Waals surface area contributed by atoms with Crippen LogP contribution in [0.25, 0.3) is 11.5 Å². The van der Waals surface area contributed by atoms with Gasteiger partial charge in [-0.25, -0.2) is 4.68 Å². The molecule has 0 amide bonds. The summed E-state index contributed by atoms with van der Waals surface area (Å²) in [6, 6.07) is 11.6. The highest BCUT2D eigenvalue weighted by Crippen LogP contribution is 2.16. The number of hydrogen-bond acceptors (Lipinski definition) is 4. The summed E-state index contributed by atoms with van der Waals surface area (Å²) >= 11 is 5.01. The second-order valence-electron chi connectivity index (χ2n) is 3.17. The van der Waals surface area contributed by atoms with Crippen molar-refractivity contribution in [3.8, 4) is 17.5 Å². The SMILES string of the molecule is N#CCCn1nc(-c2ccccc2)oc1=S. The van der Waals surface area contributed by atoms with E-state index in [1.807, 2.05) is 36.4 Å². The van der Waals surface area contributed by atoms with E-state index in [9.17, 15) is 0 Å². The van der Waals surface area contributed by atoms with Crippen LogP contribution < -0.4 is 0 Å². The molecule has 5 heteroatoms. The Kier molecular flexibility index (Phi) is 3.13. The van der Waals surface area contributed by atoms with Crippen molar-refractivity contribution in [1.82, 2.24) is 9.78 Å². The molecule has 0 aliphatic rings. The number of nitrogens with zero attached hydrogens (tertiary/aromatic N) is 3. The fourth-order valence-electron chi connectivity index (χ4n) is 1.30. The zero-order valence-corrected chi connectivity index (χ0v) is 9.28. The van der Waals surface area contributed by atoms with Crippen molar-refractivity contribution in [3.05, 3.63) is 35.2 Å². The third kappa shape index (κ3) is 2.18. The van der Waals surface area contributed by atoms with E-state index in [-0.39, 0.29) is 0 Å². The molecule has 0 saturated carbocycles. The molecule has 0 saturated heterocycles. The van der Waals surface area contributed by atoms with Gasteiger partial charge in [-0.05, 0) is 24.4 Å². The fourth-order valence-corrected chi connectivity index (χ4v) is 1.51. The Balaban J connectivity index is 2.32. The molecule has 2 aromatic rings. The van der Waals surface area contributed by atoms with Crippen molar-refractivity contribution in [2.75, 3.05) is 0 Å². The van der Waals surface area contributed by atoms with Gasteiger partial charge in [0.15, 0.2) is 0 Å². The number of benzene rings is 1. The Hall–Kier alpha value is -1.93. The summed E-state index contributed by atoms with van der Waals surface area (Å²) in [6.45, 7) is 0.464. The van der Waals surface area contributed by atoms with Crippen LogP contribution in [0.3, 0.4) is 0 Å². The van der Waals surface area contributed by atoms with Gasteiger partial charge in [0.25, 0.3) is 4.84 Å². The lowest BCUT2D eigenvalue weighted by Gasteiger charge is -1.92. The molecule has 0 bridgehead atoms. The van der Waals surface area contributed by atoms with Gasteiger partial charge < -0.3 is 4.42 Å². The summed E-state index contributed by atoms with van der Waals surface area (Å²) in [5.41, 5.74) is 0.879. The predicted molar refractivity (Wildman–Crippen MR) is 61.0 cm³/mol. The van der Waals surface area contributed by atoms with E-state index < -0.39 is 0 Å². The summed E-state index contributed by atoms with van der Waals surface area (Å²) in [5, 5.41) is 12.7. The van der Waals surface area contributed by atoms with Crippen molar-refractivity contribution >= 4 is 12.2 Å². The van der Waals surface area contributed by atoms with Gasteiger partial charge in [0, 0.05) is 5.56 Å². The Morgan fingerprint density at radius 2 is 2.12 bits per heavy atom. The van der Waals surface area contributed by atoms with Crippen LogP contribution in [0.2, 0.25) is 0 Å². The zero-order chi connectivity index (χ0) is 11.4. The maximum absolute atomic E-state index is 8.49. The van der Waals surface area contributed by atoms with Crippen molar-refractivity contribution < 1.29 is 4.42 Å². The largest absolute Gasteiger partial charge is 0.409 e. The van der Waals surface area contributed by atoms with E-state index in [0.29, 0.717) is 23.7 Å². The minimum Gasteiger partial charge on any atom is -0.409 e. The third-order valence-corrected chi connectivity index (χ3v) is 2.36. The molecule has 16 heavy (non-hydrogen) atoms. The van der Waals surface area contributed by atoms with Crippen LogP contribution in [0.1, 0.15) is 6.42 Å². The smallest absolute Gasteiger partial charge is 0.287 e. The molecule has 80 valence electrons. The lowest BCUT2D eigenvalue weighted by Crippen LogP contribution is -1.99. The summed E-state index contributed by atoms with van der Waals surface area (Å²) in [5.74, 6) is 0.489. The lowest BCUT2D eigenvalue weighted by atomic mass is 10.2. The van der Waals surface area contributed by atoms with Crippen molar-refractivity contribution in [2.24, 2.45) is 0 Å². The molecule has 0 N–H and O–H groups in total. The summed E-state index contributed by atoms with van der Waals surface area (Å²) in [6.07, 6.45) is 0.370. The predicted octanol–water partition coefficient (Wildman–Crippen LogP) is 2.79. The van der Waals surface area contributed by atoms with Gasteiger partial charge in [0.2, 0.25) is 5.89 Å². The zero-order valence-electron chi connectivity index (χ0n) is 8.46. The van der Waals surface area contributed by atoms with Crippen LogP contribution in [0, 0.1) is 16.2 Å². The van der Waals surface area contributed by atoms with Crippen LogP contribution in [0.4, 0.5) is 0 Å². The van der Waals surface area contributed by atoms with Gasteiger partial charge in [-0.2, -0.15) is 5.26 Å². The molecule has 1 aromatic carbocycles. The summed E-state index contributed by atoms with van der Waals surface area (Å²) in [4.78, 5) is 0.300. The van der Waals surface area contributed by atoms with Crippen LogP contribution in [-0.2, 0) is 6.54 Å². The van der Waals surface area contributed by atoms with Crippen LogP contribution in [-0.4, -0.2) is 9.78 Å². The van der Waals surface area contributed by atoms with E-state index in [2.05, 4.69) is 5.10 Å². The van der Waals surface area contributed by atoms with Gasteiger partial charge in [0.05, 0.1) is 19.0 Å². The number of rotatable bonds is 3. The molecule has 0 fully saturated rings. The first-order valence-corrected chi connectivity index (χ1v) is 5.22. The average molecular weight is 231 g/mol. The van der Waals surface area contributed by atoms with Crippen molar-refractivity contribution in [2.45, 2.75) is 13.0 Å². The Bertz CT molecular complexity index is 565. The van der Waals surface area contributed by atoms with Crippen molar-refractivity contribution in [3.63, 3.8) is 0 Å². The number of aryl methyl sites for hydroxylation is 1. The number of aromatic nitrogens is 2. The maximum atomic E-state index is 8.49. The van der Waals surface area contributed by atoms with E-state index in [0.717, 1.165) is 5.56 Å². The number of nitriles is 1. The Labute approximate surface area is 97.7 Å². The Morgan fingerprint density at radius 3 is 2.81 bits per heavy atom. The molecular formula is C11H9N3OS. The van der Waals surface area contributed by atoms with Crippen molar-refractivity contribution in [1.29, 1.82) is 5.26 Å². The first kappa shape index (κ1) is 10.6. The molecule has 1 heterocycles. The van der Waals surface area contributed by atoms with E-state index in [1.165, 1.54) is 4.68 Å². The molecule has 0 unspecified atom stereocenters. The topological polar surface area (TPSA) is 54.8 Å². The molecule has 1 aromatic heterocycles. The van der Waals surface area contributed by atoms with Crippen LogP contribution in [0.5, 0.6) is 0 Å². The molecule has 0 radical (unpaired) electrons. The summed E-state index contributed by atoms with van der Waals surface area (Å²) in [7, 11) is 0. The first-order valence-electron chi connectivity index (χ1n) is 4.81. The molecule has 0 spiro atoms. The molecule has 2 rings (SSSR count). The quantitative estimate of drug-likeness (QED) is 0.762. The molecule has 0 atom stereocenters. The second-order valence-corrected chi connectivity index (χ2v) is 3.52. The molecule has 0 aliphatic carbocycles. The number of hydrogen-bond donors (Lipinski definition) is 0. The standard InChI is InChI=1S/C11H9N3OS/c12-7-4-8-14-11(16)15-10(13-14)9-5-2-1-3-6-9/h1-3,5-6H,4,8H2. The lowest BCUT2D eigenvalue weighted by molar-refractivity contribution is 0.514. The van der Waals surface area contributed by atoms with E-state index in [1.54, 1.807) is 0 Å². The van der Waals surface area contributed by atoms with Gasteiger partial charge in [-0.1, -0.05) is 18.2 Å². The average Bonchev–Trinajstić information content (AvgIpc) is 2.69. The molecule has 4 nitrogen and oxygen atoms in total. The normalized spacial score (nSPS) is 9.94. The van der Waals surface area contributed by atoms with E-state index in [4.69, 9.17) is 21.9 Å². The second kappa shape index (κ2) is 4.73. The monoisotopic (exact) mass is 231 g/mol. The highest BCUT2D eigenvalue weighted by Gasteiger charge is 2.06. The van der Waals surface area contributed by atoms with Gasteiger partial charge >= 0.3 is 0 Å². The maximum Gasteiger partial charge on any atom is 0.287 e. The summed E-state index contributed by atoms with van der Waals surface area (Å²) < 4.78 is 6.88. The first-order chi connectivity index (χ1) is 7.81. The minimum absolute atomic E-state index is 0.300. The third-order valence-electron chi connectivity index (χ3n) is 2.06. The van der Waals surface area contributed by atoms with E-state index >= 15 is 0 Å². The van der Waals surface area contributed by atoms with Crippen LogP contribution >= 0.6 is 12.2 Å². The van der Waals surface area contributed by atoms with Crippen LogP contribution in [0.15, 0.2) is 34.7 Å². The highest BCUT2D eigenvalue weighted by molar-refractivity contribution is 7.71. The van der Waals surface area contributed by atoms with Gasteiger partial charge in [-0.15, -0.1) is 5.10 Å². The van der Waals surface area contributed by atoms with Gasteiger partial charge in [-0.3, -0.25) is 0 Å². The molecule has 0 aliphatic heterocycles. The highest BCUT2D eigenvalue weighted by atomic mass is 32.1.